The monoisotopic (exact) mass is 1110 g/mol. The average Bonchev–Trinajstić information content (AvgIpc) is 3.60. The first kappa shape index (κ1) is 61.9. The number of carbonyl (C=O) groups is 2. The zero-order chi connectivity index (χ0) is 57.1. The minimum atomic E-state index is -0.734. The summed E-state index contributed by atoms with van der Waals surface area (Å²) in [4.78, 5) is 36.0. The lowest BCUT2D eigenvalue weighted by Crippen LogP contribution is -2.49. The van der Waals surface area contributed by atoms with Crippen LogP contribution in [0.3, 0.4) is 0 Å². The highest BCUT2D eigenvalue weighted by Crippen LogP contribution is 2.23. The normalized spacial score (nSPS) is 13.3. The molecule has 0 spiro atoms. The van der Waals surface area contributed by atoms with Crippen molar-refractivity contribution in [3.05, 3.63) is 287 Å². The van der Waals surface area contributed by atoms with Gasteiger partial charge in [0, 0.05) is 0 Å². The minimum Gasteiger partial charge on any atom is -0.394 e. The van der Waals surface area contributed by atoms with E-state index in [1.54, 1.807) is 0 Å². The Labute approximate surface area is 483 Å². The van der Waals surface area contributed by atoms with Gasteiger partial charge in [0.2, 0.25) is 12.8 Å². The maximum absolute atomic E-state index is 12.2. The molecule has 8 aromatic carbocycles. The van der Waals surface area contributed by atoms with Crippen LogP contribution < -0.4 is 0 Å². The Bertz CT molecular complexity index is 2680. The molecule has 13 nitrogen and oxygen atoms in total. The first-order valence-electron chi connectivity index (χ1n) is 27.8. The summed E-state index contributed by atoms with van der Waals surface area (Å²) < 4.78 is 38.6. The van der Waals surface area contributed by atoms with Gasteiger partial charge in [-0.15, -0.1) is 0 Å². The molecule has 8 aromatic rings. The number of benzene rings is 8. The van der Waals surface area contributed by atoms with Crippen molar-refractivity contribution in [3.63, 3.8) is 0 Å². The van der Waals surface area contributed by atoms with Gasteiger partial charge in [0.25, 0.3) is 0 Å². The highest BCUT2D eigenvalue weighted by Gasteiger charge is 2.35. The van der Waals surface area contributed by atoms with Crippen molar-refractivity contribution >= 4 is 12.8 Å². The van der Waals surface area contributed by atoms with Crippen LogP contribution in [-0.4, -0.2) is 84.4 Å². The molecule has 0 aliphatic heterocycles. The van der Waals surface area contributed by atoms with Crippen LogP contribution in [0.5, 0.6) is 0 Å². The second-order valence-corrected chi connectivity index (χ2v) is 19.4. The standard InChI is InChI=1S/C35H39NO5.C34H37NO6/c1-2-33(38-24-29-15-7-3-8-16-29)35(40-26-31-19-11-5-12-20-31)34(39-25-30-17-9-4-10-18-30)23-36(28-37)41-27-32-21-13-6-14-22-32;36-22-33(39-24-29-15-7-2-8-16-29)34(40-25-30-17-9-3-10-18-30)32(38-23-28-13-5-1-6-14-28)21-35(27-37)41-26-31-19-11-4-12-20-31/h3-22,28,33-35H,2,23-27H2,1H3;1-20,27,32-34,36H,21-26H2/t33-,34-,35+;32-,33-,34-/m11/s1. The zero-order valence-corrected chi connectivity index (χ0v) is 46.6. The van der Waals surface area contributed by atoms with Gasteiger partial charge in [0.05, 0.1) is 65.4 Å². The Morgan fingerprint density at radius 1 is 0.317 bits per heavy atom. The number of amides is 2. The van der Waals surface area contributed by atoms with Crippen molar-refractivity contribution in [2.24, 2.45) is 0 Å². The van der Waals surface area contributed by atoms with Gasteiger partial charge in [0.15, 0.2) is 0 Å². The van der Waals surface area contributed by atoms with Crippen LogP contribution in [0.4, 0.5) is 0 Å². The molecular formula is C69H76N2O11. The van der Waals surface area contributed by atoms with Crippen molar-refractivity contribution in [3.8, 4) is 0 Å². The summed E-state index contributed by atoms with van der Waals surface area (Å²) in [6.45, 7) is 4.51. The first-order valence-corrected chi connectivity index (χ1v) is 27.8. The highest BCUT2D eigenvalue weighted by atomic mass is 16.7. The molecular weight excluding hydrogens is 1030 g/mol. The van der Waals surface area contributed by atoms with Crippen molar-refractivity contribution in [2.75, 3.05) is 19.7 Å². The van der Waals surface area contributed by atoms with E-state index in [4.69, 9.17) is 38.1 Å². The molecule has 0 fully saturated rings. The maximum Gasteiger partial charge on any atom is 0.233 e. The highest BCUT2D eigenvalue weighted by molar-refractivity contribution is 5.45. The Hall–Kier alpha value is -7.66. The topological polar surface area (TPSA) is 135 Å². The first-order chi connectivity index (χ1) is 40.5. The Morgan fingerprint density at radius 3 is 0.780 bits per heavy atom. The van der Waals surface area contributed by atoms with E-state index >= 15 is 0 Å². The van der Waals surface area contributed by atoms with E-state index in [1.807, 2.05) is 243 Å². The van der Waals surface area contributed by atoms with E-state index < -0.39 is 30.5 Å². The summed E-state index contributed by atoms with van der Waals surface area (Å²) in [7, 11) is 0. The van der Waals surface area contributed by atoms with E-state index in [1.165, 1.54) is 10.1 Å². The zero-order valence-electron chi connectivity index (χ0n) is 46.6. The minimum absolute atomic E-state index is 0.0633. The van der Waals surface area contributed by atoms with Crippen molar-refractivity contribution in [1.82, 2.24) is 10.1 Å². The Balaban J connectivity index is 0.000000236. The fourth-order valence-corrected chi connectivity index (χ4v) is 8.82. The summed E-state index contributed by atoms with van der Waals surface area (Å²) in [5.41, 5.74) is 7.95. The maximum atomic E-state index is 12.2. The van der Waals surface area contributed by atoms with Crippen molar-refractivity contribution < 1.29 is 52.8 Å². The number of hydroxylamine groups is 4. The predicted octanol–water partition coefficient (Wildman–Crippen LogP) is 12.1. The van der Waals surface area contributed by atoms with Gasteiger partial charge in [-0.1, -0.05) is 250 Å². The van der Waals surface area contributed by atoms with Crippen LogP contribution in [0.2, 0.25) is 0 Å². The molecule has 0 unspecified atom stereocenters. The van der Waals surface area contributed by atoms with Crippen LogP contribution >= 0.6 is 0 Å². The summed E-state index contributed by atoms with van der Waals surface area (Å²) in [6.07, 6.45) is -1.41. The molecule has 6 atom stereocenters. The summed E-state index contributed by atoms with van der Waals surface area (Å²) >= 11 is 0. The van der Waals surface area contributed by atoms with Gasteiger partial charge in [-0.05, 0) is 50.9 Å². The van der Waals surface area contributed by atoms with E-state index in [9.17, 15) is 14.7 Å². The van der Waals surface area contributed by atoms with Gasteiger partial charge in [-0.3, -0.25) is 19.3 Å². The molecule has 0 saturated carbocycles. The second kappa shape index (κ2) is 36.6. The lowest BCUT2D eigenvalue weighted by atomic mass is 10.0. The second-order valence-electron chi connectivity index (χ2n) is 19.4. The van der Waals surface area contributed by atoms with Gasteiger partial charge < -0.3 is 33.5 Å². The largest absolute Gasteiger partial charge is 0.394 e. The van der Waals surface area contributed by atoms with Gasteiger partial charge in [-0.25, -0.2) is 10.1 Å². The van der Waals surface area contributed by atoms with Crippen molar-refractivity contribution in [1.29, 1.82) is 0 Å². The van der Waals surface area contributed by atoms with Gasteiger partial charge in [0.1, 0.15) is 43.7 Å². The number of carbonyl (C=O) groups excluding carboxylic acids is 2. The molecule has 1 N–H and O–H groups in total. The molecule has 0 saturated heterocycles. The molecule has 0 heterocycles. The van der Waals surface area contributed by atoms with Crippen LogP contribution in [-0.2, 0) is 101 Å². The molecule has 0 aliphatic carbocycles. The molecule has 0 radical (unpaired) electrons. The molecule has 13 heteroatoms. The van der Waals surface area contributed by atoms with Gasteiger partial charge in [-0.2, -0.15) is 0 Å². The molecule has 2 amide bonds. The molecule has 82 heavy (non-hydrogen) atoms. The summed E-state index contributed by atoms with van der Waals surface area (Å²) in [5.74, 6) is 0. The smallest absolute Gasteiger partial charge is 0.233 e. The van der Waals surface area contributed by atoms with Crippen LogP contribution in [0.1, 0.15) is 57.9 Å². The molecule has 8 rings (SSSR count). The number of hydrogen-bond donors (Lipinski definition) is 1. The third-order valence-corrected chi connectivity index (χ3v) is 13.3. The van der Waals surface area contributed by atoms with E-state index in [-0.39, 0.29) is 58.8 Å². The average molecular weight is 1110 g/mol. The third-order valence-electron chi connectivity index (χ3n) is 13.3. The third kappa shape index (κ3) is 22.4. The fraction of sp³-hybridized carbons (Fsp3) is 0.275. The number of hydrogen-bond acceptors (Lipinski definition) is 11. The molecule has 0 aromatic heterocycles. The fourth-order valence-electron chi connectivity index (χ4n) is 8.82. The van der Waals surface area contributed by atoms with Crippen LogP contribution in [0.25, 0.3) is 0 Å². The molecule has 428 valence electrons. The quantitative estimate of drug-likeness (QED) is 0.0297. The molecule has 0 aliphatic rings. The molecule has 0 bridgehead atoms. The van der Waals surface area contributed by atoms with E-state index in [0.29, 0.717) is 39.1 Å². The number of ether oxygens (including phenoxy) is 6. The van der Waals surface area contributed by atoms with E-state index in [0.717, 1.165) is 44.5 Å². The predicted molar refractivity (Wildman–Crippen MR) is 315 cm³/mol. The summed E-state index contributed by atoms with van der Waals surface area (Å²) in [6, 6.07) is 78.7. The van der Waals surface area contributed by atoms with Crippen LogP contribution in [0, 0.1) is 0 Å². The van der Waals surface area contributed by atoms with Crippen molar-refractivity contribution in [2.45, 2.75) is 103 Å². The number of nitrogens with zero attached hydrogens (tertiary/aromatic N) is 2. The van der Waals surface area contributed by atoms with Crippen LogP contribution in [0.15, 0.2) is 243 Å². The SMILES string of the molecule is CC[C@@H](OCc1ccccc1)[C@H](OCc1ccccc1)[C@@H](CN(C=O)OCc1ccccc1)OCc1ccccc1.O=CN(C[C@@H](OCc1ccccc1)[C@@H](OCc1ccccc1)[C@@H](CO)OCc1ccccc1)OCc1ccccc1. The lowest BCUT2D eigenvalue weighted by molar-refractivity contribution is -0.211. The lowest BCUT2D eigenvalue weighted by Gasteiger charge is -2.35. The summed E-state index contributed by atoms with van der Waals surface area (Å²) in [5, 5.41) is 13.0. The van der Waals surface area contributed by atoms with Gasteiger partial charge >= 0.3 is 0 Å². The number of aliphatic hydroxyl groups excluding tert-OH is 1. The van der Waals surface area contributed by atoms with E-state index in [2.05, 4.69) is 6.92 Å². The Kier molecular flexibility index (Phi) is 27.7. The number of aliphatic hydroxyl groups is 1. The Morgan fingerprint density at radius 2 is 0.537 bits per heavy atom. The number of rotatable bonds is 36.